The molecule has 1 atom stereocenters. The Morgan fingerprint density at radius 3 is 2.30 bits per heavy atom. The second-order valence-corrected chi connectivity index (χ2v) is 12.9. The predicted molar refractivity (Wildman–Crippen MR) is 153 cm³/mol. The van der Waals surface area contributed by atoms with Crippen molar-refractivity contribution >= 4 is 52.9 Å². The van der Waals surface area contributed by atoms with Gasteiger partial charge in [-0.2, -0.15) is 0 Å². The lowest BCUT2D eigenvalue weighted by Crippen LogP contribution is -2.50. The van der Waals surface area contributed by atoms with E-state index in [2.05, 4.69) is 16.2 Å². The number of carbonyl (C=O) groups excluding carboxylic acids is 4. The largest absolute Gasteiger partial charge is 0.444 e. The minimum absolute atomic E-state index is 0.0585. The zero-order valence-corrected chi connectivity index (χ0v) is 25.1. The number of hydrogen-bond acceptors (Lipinski definition) is 6. The number of hydrazine groups is 1. The molecule has 0 unspecified atom stereocenters. The van der Waals surface area contributed by atoms with E-state index < -0.39 is 46.7 Å². The van der Waals surface area contributed by atoms with Gasteiger partial charge >= 0.3 is 6.09 Å². The van der Waals surface area contributed by atoms with Crippen LogP contribution in [0.25, 0.3) is 0 Å². The van der Waals surface area contributed by atoms with Gasteiger partial charge in [0.15, 0.2) is 0 Å². The van der Waals surface area contributed by atoms with Gasteiger partial charge in [0, 0.05) is 26.6 Å². The first-order chi connectivity index (χ1) is 18.5. The average Bonchev–Trinajstić information content (AvgIpc) is 2.96. The molecule has 0 spiro atoms. The van der Waals surface area contributed by atoms with E-state index in [0.717, 1.165) is 5.56 Å². The van der Waals surface area contributed by atoms with Crippen LogP contribution in [0.2, 0.25) is 5.02 Å². The molecule has 0 bridgehead atoms. The Morgan fingerprint density at radius 1 is 1.10 bits per heavy atom. The van der Waals surface area contributed by atoms with E-state index in [9.17, 15) is 19.2 Å². The number of nitrogens with one attached hydrogen (secondary N) is 3. The van der Waals surface area contributed by atoms with Crippen LogP contribution in [-0.2, 0) is 20.9 Å². The van der Waals surface area contributed by atoms with E-state index in [1.54, 1.807) is 65.8 Å². The molecule has 40 heavy (non-hydrogen) atoms. The van der Waals surface area contributed by atoms with Gasteiger partial charge in [0.1, 0.15) is 17.5 Å². The SMILES string of the molecule is Cc1c(F)c(C(=O)NNC(=O)C(C)(C)C)cc2c1SC[C@H](NC(=O)OC(C)(C)C)C(=O)N2Cc1ccc(Cl)cc1. The van der Waals surface area contributed by atoms with Crippen LogP contribution >= 0.6 is 23.4 Å². The molecule has 0 saturated heterocycles. The highest BCUT2D eigenvalue weighted by atomic mass is 35.5. The Kier molecular flexibility index (Phi) is 9.41. The van der Waals surface area contributed by atoms with Gasteiger partial charge in [0.25, 0.3) is 11.8 Å². The number of nitrogens with zero attached hydrogens (tertiary/aromatic N) is 1. The predicted octanol–water partition coefficient (Wildman–Crippen LogP) is 5.13. The van der Waals surface area contributed by atoms with Gasteiger partial charge in [-0.15, -0.1) is 11.8 Å². The number of fused-ring (bicyclic) bond motifs is 1. The fourth-order valence-electron chi connectivity index (χ4n) is 3.71. The number of rotatable bonds is 4. The quantitative estimate of drug-likeness (QED) is 0.424. The zero-order chi connectivity index (χ0) is 30.0. The summed E-state index contributed by atoms with van der Waals surface area (Å²) in [6.45, 7) is 11.7. The average molecular weight is 593 g/mol. The van der Waals surface area contributed by atoms with Crippen molar-refractivity contribution in [3.63, 3.8) is 0 Å². The molecule has 1 aliphatic heterocycles. The third-order valence-electron chi connectivity index (χ3n) is 5.83. The minimum Gasteiger partial charge on any atom is -0.444 e. The summed E-state index contributed by atoms with van der Waals surface area (Å²) in [4.78, 5) is 53.5. The molecule has 2 aromatic rings. The summed E-state index contributed by atoms with van der Waals surface area (Å²) in [6, 6.07) is 7.14. The summed E-state index contributed by atoms with van der Waals surface area (Å²) in [5.74, 6) is -2.48. The van der Waals surface area contributed by atoms with Crippen LogP contribution in [0.4, 0.5) is 14.9 Å². The highest BCUT2D eigenvalue weighted by molar-refractivity contribution is 7.99. The van der Waals surface area contributed by atoms with Crippen LogP contribution in [0.15, 0.2) is 35.2 Å². The molecule has 1 heterocycles. The number of anilines is 1. The first kappa shape index (κ1) is 31.2. The second kappa shape index (κ2) is 12.1. The van der Waals surface area contributed by atoms with Crippen molar-refractivity contribution in [2.45, 2.75) is 71.5 Å². The van der Waals surface area contributed by atoms with Crippen LogP contribution in [0, 0.1) is 18.2 Å². The second-order valence-electron chi connectivity index (χ2n) is 11.4. The lowest BCUT2D eigenvalue weighted by molar-refractivity contribution is -0.129. The zero-order valence-electron chi connectivity index (χ0n) is 23.5. The summed E-state index contributed by atoms with van der Waals surface area (Å²) >= 11 is 7.22. The fraction of sp³-hybridized carbons (Fsp3) is 0.429. The van der Waals surface area contributed by atoms with Gasteiger partial charge in [-0.05, 0) is 51.5 Å². The Labute approximate surface area is 242 Å². The van der Waals surface area contributed by atoms with Gasteiger partial charge in [0.2, 0.25) is 5.91 Å². The number of halogens is 2. The molecule has 0 aliphatic carbocycles. The van der Waals surface area contributed by atoms with Crippen LogP contribution < -0.4 is 21.1 Å². The lowest BCUT2D eigenvalue weighted by atomic mass is 9.96. The minimum atomic E-state index is -0.995. The van der Waals surface area contributed by atoms with Gasteiger partial charge in [-0.3, -0.25) is 25.2 Å². The number of hydrogen-bond donors (Lipinski definition) is 3. The van der Waals surface area contributed by atoms with E-state index in [0.29, 0.717) is 15.6 Å². The molecule has 0 radical (unpaired) electrons. The molecular weight excluding hydrogens is 559 g/mol. The Morgan fingerprint density at radius 2 is 1.73 bits per heavy atom. The smallest absolute Gasteiger partial charge is 0.408 e. The van der Waals surface area contributed by atoms with Crippen LogP contribution in [0.5, 0.6) is 0 Å². The molecule has 0 aromatic heterocycles. The summed E-state index contributed by atoms with van der Waals surface area (Å²) in [5.41, 5.74) is 3.82. The molecule has 0 saturated carbocycles. The van der Waals surface area contributed by atoms with E-state index >= 15 is 4.39 Å². The van der Waals surface area contributed by atoms with Gasteiger partial charge < -0.3 is 15.0 Å². The van der Waals surface area contributed by atoms with E-state index in [1.807, 2.05) is 0 Å². The number of carbonyl (C=O) groups is 4. The molecule has 0 fully saturated rings. The Hall–Kier alpha value is -3.31. The maximum absolute atomic E-state index is 15.5. The molecule has 2 aromatic carbocycles. The summed E-state index contributed by atoms with van der Waals surface area (Å²) < 4.78 is 20.9. The van der Waals surface area contributed by atoms with E-state index in [-0.39, 0.29) is 23.4 Å². The molecule has 1 aliphatic rings. The third-order valence-corrected chi connectivity index (χ3v) is 7.39. The number of amides is 4. The first-order valence-electron chi connectivity index (χ1n) is 12.6. The Balaban J connectivity index is 2.03. The molecule has 216 valence electrons. The van der Waals surface area contributed by atoms with Gasteiger partial charge in [-0.25, -0.2) is 9.18 Å². The van der Waals surface area contributed by atoms with E-state index in [4.69, 9.17) is 16.3 Å². The molecule has 9 nitrogen and oxygen atoms in total. The fourth-order valence-corrected chi connectivity index (χ4v) is 5.02. The molecular formula is C28H34ClFN4O5S. The number of thioether (sulfide) groups is 1. The first-order valence-corrected chi connectivity index (χ1v) is 14.0. The van der Waals surface area contributed by atoms with Crippen LogP contribution in [0.1, 0.15) is 63.0 Å². The number of ether oxygens (including phenoxy) is 1. The normalized spacial score (nSPS) is 15.6. The number of benzene rings is 2. The molecule has 12 heteroatoms. The van der Waals surface area contributed by atoms with Crippen molar-refractivity contribution in [3.8, 4) is 0 Å². The van der Waals surface area contributed by atoms with E-state index in [1.165, 1.54) is 29.7 Å². The molecule has 4 amide bonds. The summed E-state index contributed by atoms with van der Waals surface area (Å²) in [7, 11) is 0. The standard InChI is InChI=1S/C28H34ClFN4O5S/c1-15-21(30)18(23(35)32-33-25(37)27(2,3)4)12-20-22(15)40-14-19(31-26(38)39-28(5,6)7)24(36)34(20)13-16-8-10-17(29)11-9-16/h8-12,19H,13-14H2,1-7H3,(H,31,38)(H,32,35)(H,33,37)/t19-/m0/s1. The highest BCUT2D eigenvalue weighted by Gasteiger charge is 2.36. The van der Waals surface area contributed by atoms with Crippen molar-refractivity contribution in [3.05, 3.63) is 57.9 Å². The van der Waals surface area contributed by atoms with Gasteiger partial charge in [0.05, 0.1) is 17.8 Å². The van der Waals surface area contributed by atoms with Crippen molar-refractivity contribution in [2.24, 2.45) is 5.41 Å². The lowest BCUT2D eigenvalue weighted by Gasteiger charge is -2.28. The number of alkyl carbamates (subject to hydrolysis) is 1. The molecule has 3 N–H and O–H groups in total. The Bertz CT molecular complexity index is 1320. The van der Waals surface area contributed by atoms with Crippen LogP contribution in [0.3, 0.4) is 0 Å². The summed E-state index contributed by atoms with van der Waals surface area (Å²) in [5, 5.41) is 3.14. The van der Waals surface area contributed by atoms with Crippen molar-refractivity contribution < 1.29 is 28.3 Å². The van der Waals surface area contributed by atoms with Crippen molar-refractivity contribution in [2.75, 3.05) is 10.7 Å². The maximum Gasteiger partial charge on any atom is 0.408 e. The highest BCUT2D eigenvalue weighted by Crippen LogP contribution is 2.40. The monoisotopic (exact) mass is 592 g/mol. The van der Waals surface area contributed by atoms with Gasteiger partial charge in [-0.1, -0.05) is 44.5 Å². The molecule has 3 rings (SSSR count). The summed E-state index contributed by atoms with van der Waals surface area (Å²) in [6.07, 6.45) is -0.763. The van der Waals surface area contributed by atoms with Crippen molar-refractivity contribution in [1.82, 2.24) is 16.2 Å². The van der Waals surface area contributed by atoms with Crippen LogP contribution in [-0.4, -0.2) is 41.2 Å². The van der Waals surface area contributed by atoms with Crippen molar-refractivity contribution in [1.29, 1.82) is 0 Å². The maximum atomic E-state index is 15.5. The topological polar surface area (TPSA) is 117 Å². The third kappa shape index (κ3) is 7.66.